The third-order valence-corrected chi connectivity index (χ3v) is 4.94. The van der Waals surface area contributed by atoms with Crippen molar-refractivity contribution in [2.75, 3.05) is 13.1 Å². The smallest absolute Gasteiger partial charge is 0.269 e. The number of rotatable bonds is 8. The van der Waals surface area contributed by atoms with Gasteiger partial charge >= 0.3 is 0 Å². The fraction of sp³-hybridized carbons (Fsp3) is 0.318. The van der Waals surface area contributed by atoms with Gasteiger partial charge in [-0.1, -0.05) is 50.2 Å². The number of nitrogens with one attached hydrogen (secondary N) is 1. The van der Waals surface area contributed by atoms with E-state index in [1.807, 2.05) is 36.4 Å². The monoisotopic (exact) mass is 378 g/mol. The number of carbonyl (C=O) groups is 1. The van der Waals surface area contributed by atoms with E-state index in [1.165, 1.54) is 16.3 Å². The molecule has 3 aromatic rings. The molecule has 0 atom stereocenters. The number of amides is 1. The molecule has 0 radical (unpaired) electrons. The van der Waals surface area contributed by atoms with E-state index in [1.54, 1.807) is 6.07 Å². The predicted molar refractivity (Wildman–Crippen MR) is 111 cm³/mol. The Balaban J connectivity index is 1.71. The second-order valence-corrected chi connectivity index (χ2v) is 6.68. The maximum atomic E-state index is 12.5. The fourth-order valence-corrected chi connectivity index (χ4v) is 3.24. The van der Waals surface area contributed by atoms with E-state index in [-0.39, 0.29) is 18.0 Å². The molecule has 6 heteroatoms. The average Bonchev–Trinajstić information content (AvgIpc) is 2.73. The summed E-state index contributed by atoms with van der Waals surface area (Å²) in [5.41, 5.74) is 3.37. The third kappa shape index (κ3) is 4.64. The highest BCUT2D eigenvalue weighted by Crippen LogP contribution is 2.12. The lowest BCUT2D eigenvalue weighted by molar-refractivity contribution is -0.121. The Bertz CT molecular complexity index is 1010. The molecule has 1 N–H and O–H groups in total. The quantitative estimate of drug-likeness (QED) is 0.654. The molecule has 0 spiro atoms. The summed E-state index contributed by atoms with van der Waals surface area (Å²) < 4.78 is 1.46. The number of hydrogen-bond acceptors (Lipinski definition) is 4. The van der Waals surface area contributed by atoms with Gasteiger partial charge in [-0.25, -0.2) is 4.98 Å². The number of nitrogens with zero attached hydrogens (tertiary/aromatic N) is 3. The first-order chi connectivity index (χ1) is 13.6. The Morgan fingerprint density at radius 2 is 1.71 bits per heavy atom. The average molecular weight is 378 g/mol. The first kappa shape index (κ1) is 19.8. The molecule has 0 aliphatic carbocycles. The van der Waals surface area contributed by atoms with Gasteiger partial charge in [0.05, 0.1) is 17.2 Å². The summed E-state index contributed by atoms with van der Waals surface area (Å²) in [6.45, 7) is 7.52. The zero-order valence-electron chi connectivity index (χ0n) is 16.4. The van der Waals surface area contributed by atoms with E-state index in [2.05, 4.69) is 35.1 Å². The minimum Gasteiger partial charge on any atom is -0.350 e. The van der Waals surface area contributed by atoms with E-state index < -0.39 is 0 Å². The van der Waals surface area contributed by atoms with E-state index in [9.17, 15) is 9.59 Å². The maximum absolute atomic E-state index is 12.5. The van der Waals surface area contributed by atoms with Gasteiger partial charge in [-0.15, -0.1) is 0 Å². The van der Waals surface area contributed by atoms with Crippen molar-refractivity contribution < 1.29 is 4.79 Å². The zero-order chi connectivity index (χ0) is 19.9. The minimum absolute atomic E-state index is 0.0277. The number of aromatic nitrogens is 2. The maximum Gasteiger partial charge on any atom is 0.269 e. The summed E-state index contributed by atoms with van der Waals surface area (Å²) in [5, 5.41) is 2.95. The van der Waals surface area contributed by atoms with Crippen molar-refractivity contribution in [1.82, 2.24) is 19.8 Å². The minimum atomic E-state index is -0.282. The molecule has 0 fully saturated rings. The lowest BCUT2D eigenvalue weighted by Gasteiger charge is -2.20. The van der Waals surface area contributed by atoms with Crippen molar-refractivity contribution in [2.45, 2.75) is 33.5 Å². The van der Waals surface area contributed by atoms with Crippen molar-refractivity contribution in [3.8, 4) is 0 Å². The second-order valence-electron chi connectivity index (χ2n) is 6.68. The summed E-state index contributed by atoms with van der Waals surface area (Å²) in [4.78, 5) is 31.2. The number of para-hydroxylation sites is 2. The number of benzene rings is 2. The molecule has 1 amide bonds. The molecule has 6 nitrogen and oxygen atoms in total. The van der Waals surface area contributed by atoms with Crippen LogP contribution in [-0.2, 0) is 24.4 Å². The van der Waals surface area contributed by atoms with Crippen LogP contribution in [0.25, 0.3) is 11.0 Å². The Labute approximate surface area is 164 Å². The SMILES string of the molecule is CCN(CC)Cc1ccccc1CNC(=O)Cn1c(=O)cnc2ccccc21. The summed E-state index contributed by atoms with van der Waals surface area (Å²) >= 11 is 0. The lowest BCUT2D eigenvalue weighted by Crippen LogP contribution is -2.32. The normalized spacial score (nSPS) is 11.1. The molecule has 0 bridgehead atoms. The molecule has 1 heterocycles. The molecule has 0 aliphatic rings. The summed E-state index contributed by atoms with van der Waals surface area (Å²) in [7, 11) is 0. The Kier molecular flexibility index (Phi) is 6.55. The highest BCUT2D eigenvalue weighted by molar-refractivity contribution is 5.79. The summed E-state index contributed by atoms with van der Waals surface area (Å²) in [6.07, 6.45) is 1.26. The molecule has 0 unspecified atom stereocenters. The summed E-state index contributed by atoms with van der Waals surface area (Å²) in [5.74, 6) is -0.198. The standard InChI is InChI=1S/C22H26N4O2/c1-3-25(4-2)15-18-10-6-5-9-17(18)13-24-21(27)16-26-20-12-8-7-11-19(20)23-14-22(26)28/h5-12,14H,3-4,13,15-16H2,1-2H3,(H,24,27). The van der Waals surface area contributed by atoms with Crippen LogP contribution in [0.3, 0.4) is 0 Å². The Hall–Kier alpha value is -2.99. The molecule has 0 saturated carbocycles. The number of fused-ring (bicyclic) bond motifs is 1. The predicted octanol–water partition coefficient (Wildman–Crippen LogP) is 2.55. The van der Waals surface area contributed by atoms with Gasteiger partial charge in [-0.05, 0) is 36.3 Å². The first-order valence-corrected chi connectivity index (χ1v) is 9.62. The van der Waals surface area contributed by atoms with Crippen LogP contribution in [0.2, 0.25) is 0 Å². The molecular formula is C22H26N4O2. The lowest BCUT2D eigenvalue weighted by atomic mass is 10.1. The van der Waals surface area contributed by atoms with Crippen LogP contribution in [0.5, 0.6) is 0 Å². The van der Waals surface area contributed by atoms with E-state index in [0.717, 1.165) is 25.2 Å². The van der Waals surface area contributed by atoms with Gasteiger partial charge in [0.1, 0.15) is 6.54 Å². The van der Waals surface area contributed by atoms with Gasteiger partial charge < -0.3 is 5.32 Å². The molecule has 1 aromatic heterocycles. The van der Waals surface area contributed by atoms with Crippen LogP contribution >= 0.6 is 0 Å². The molecule has 146 valence electrons. The summed E-state index contributed by atoms with van der Waals surface area (Å²) in [6, 6.07) is 15.5. The second kappa shape index (κ2) is 9.28. The van der Waals surface area contributed by atoms with Gasteiger partial charge in [0, 0.05) is 13.1 Å². The highest BCUT2D eigenvalue weighted by atomic mass is 16.2. The van der Waals surface area contributed by atoms with Crippen molar-refractivity contribution in [1.29, 1.82) is 0 Å². The molecule has 3 rings (SSSR count). The number of hydrogen-bond donors (Lipinski definition) is 1. The zero-order valence-corrected chi connectivity index (χ0v) is 16.4. The molecular weight excluding hydrogens is 352 g/mol. The Morgan fingerprint density at radius 1 is 1.04 bits per heavy atom. The van der Waals surface area contributed by atoms with E-state index in [0.29, 0.717) is 17.6 Å². The van der Waals surface area contributed by atoms with E-state index >= 15 is 0 Å². The van der Waals surface area contributed by atoms with Crippen LogP contribution in [0.15, 0.2) is 59.5 Å². The van der Waals surface area contributed by atoms with Crippen molar-refractivity contribution in [2.24, 2.45) is 0 Å². The van der Waals surface area contributed by atoms with Gasteiger partial charge in [-0.3, -0.25) is 19.1 Å². The van der Waals surface area contributed by atoms with Gasteiger partial charge in [-0.2, -0.15) is 0 Å². The van der Waals surface area contributed by atoms with Crippen LogP contribution in [-0.4, -0.2) is 33.4 Å². The highest BCUT2D eigenvalue weighted by Gasteiger charge is 2.10. The van der Waals surface area contributed by atoms with Gasteiger partial charge in [0.25, 0.3) is 5.56 Å². The Morgan fingerprint density at radius 3 is 2.46 bits per heavy atom. The van der Waals surface area contributed by atoms with Crippen molar-refractivity contribution in [3.05, 3.63) is 76.2 Å². The van der Waals surface area contributed by atoms with Crippen LogP contribution in [0, 0.1) is 0 Å². The molecule has 0 aliphatic heterocycles. The van der Waals surface area contributed by atoms with Crippen molar-refractivity contribution in [3.63, 3.8) is 0 Å². The molecule has 0 saturated heterocycles. The fourth-order valence-electron chi connectivity index (χ4n) is 3.24. The van der Waals surface area contributed by atoms with Crippen LogP contribution in [0.4, 0.5) is 0 Å². The van der Waals surface area contributed by atoms with Gasteiger partial charge in [0.2, 0.25) is 5.91 Å². The molecule has 28 heavy (non-hydrogen) atoms. The number of carbonyl (C=O) groups excluding carboxylic acids is 1. The van der Waals surface area contributed by atoms with Crippen LogP contribution in [0.1, 0.15) is 25.0 Å². The van der Waals surface area contributed by atoms with Gasteiger partial charge in [0.15, 0.2) is 0 Å². The van der Waals surface area contributed by atoms with E-state index in [4.69, 9.17) is 0 Å². The topological polar surface area (TPSA) is 67.2 Å². The first-order valence-electron chi connectivity index (χ1n) is 9.62. The largest absolute Gasteiger partial charge is 0.350 e. The van der Waals surface area contributed by atoms with Crippen molar-refractivity contribution >= 4 is 16.9 Å². The third-order valence-electron chi connectivity index (χ3n) is 4.94. The van der Waals surface area contributed by atoms with Crippen LogP contribution < -0.4 is 10.9 Å². The molecule has 2 aromatic carbocycles.